The molecule has 2 amide bonds. The second-order valence-corrected chi connectivity index (χ2v) is 12.2. The second-order valence-electron chi connectivity index (χ2n) is 9.26. The summed E-state index contributed by atoms with van der Waals surface area (Å²) >= 11 is 2.15. The van der Waals surface area contributed by atoms with E-state index < -0.39 is 62.5 Å². The van der Waals surface area contributed by atoms with Gasteiger partial charge >= 0.3 is 0 Å². The average molecular weight is 438 g/mol. The molecule has 3 N–H and O–H groups in total. The zero-order valence-electron chi connectivity index (χ0n) is 15.0. The van der Waals surface area contributed by atoms with E-state index in [2.05, 4.69) is 0 Å². The van der Waals surface area contributed by atoms with Crippen LogP contribution in [-0.2, 0) is 19.2 Å². The molecule has 0 radical (unpaired) electrons. The highest BCUT2D eigenvalue weighted by molar-refractivity contribution is 8.03. The SMILES string of the molecule is O=C1C[C@@H]2S[C@]34C[C@H]1[C@H]([C@@H]2O)N3C(=O)[C@]12C[C@@H]3C(=O)[C@H](S1)[C@@H](O)[C@@H](O)[C@@H]3N2C4=O. The molecule has 7 aliphatic rings. The van der Waals surface area contributed by atoms with E-state index in [0.29, 0.717) is 0 Å². The van der Waals surface area contributed by atoms with Crippen LogP contribution in [0.25, 0.3) is 0 Å². The quantitative estimate of drug-likeness (QED) is 0.381. The standard InChI is InChI=1S/C18H18N2O7S2/c21-6-1-7-11(23)8-4(6)2-17(28-7)15(26)20-9-5-3-18(20,16(27)19(8)17)29-14(10(5)22)13(25)12(9)24/h4-5,7-9,11-14,23-25H,1-3H2/t4-,5+,7+,8-,9-,11-,12+,13+,14+,17+,18+/m1/s1. The molecule has 5 saturated heterocycles. The van der Waals surface area contributed by atoms with Crippen LogP contribution in [0.1, 0.15) is 19.3 Å². The van der Waals surface area contributed by atoms with Crippen molar-refractivity contribution in [3.05, 3.63) is 0 Å². The average Bonchev–Trinajstić information content (AvgIpc) is 3.06. The lowest BCUT2D eigenvalue weighted by molar-refractivity contribution is -0.173. The van der Waals surface area contributed by atoms with Gasteiger partial charge in [0.2, 0.25) is 0 Å². The Labute approximate surface area is 173 Å². The molecule has 0 unspecified atom stereocenters. The summed E-state index contributed by atoms with van der Waals surface area (Å²) in [5.41, 5.74) is 0. The first-order valence-electron chi connectivity index (χ1n) is 9.87. The molecule has 7 rings (SSSR count). The van der Waals surface area contributed by atoms with Gasteiger partial charge in [-0.15, -0.1) is 23.5 Å². The molecule has 0 aromatic rings. The van der Waals surface area contributed by atoms with Crippen LogP contribution in [-0.4, -0.2) is 99.1 Å². The maximum absolute atomic E-state index is 14.0. The fraction of sp³-hybridized carbons (Fsp3) is 0.778. The van der Waals surface area contributed by atoms with E-state index in [1.54, 1.807) is 0 Å². The molecule has 5 heterocycles. The van der Waals surface area contributed by atoms with E-state index in [1.807, 2.05) is 0 Å². The number of aliphatic hydroxyl groups excluding tert-OH is 3. The van der Waals surface area contributed by atoms with Crippen molar-refractivity contribution in [3.63, 3.8) is 0 Å². The number of thioether (sulfide) groups is 2. The van der Waals surface area contributed by atoms with Crippen molar-refractivity contribution < 1.29 is 34.5 Å². The van der Waals surface area contributed by atoms with Gasteiger partial charge in [0.15, 0.2) is 15.5 Å². The minimum atomic E-state index is -1.37. The van der Waals surface area contributed by atoms with Gasteiger partial charge in [0.1, 0.15) is 18.0 Å². The number of Topliss-reactive ketones (excluding diaryl/α,β-unsaturated/α-hetero) is 2. The molecule has 2 aliphatic carbocycles. The monoisotopic (exact) mass is 438 g/mol. The Bertz CT molecular complexity index is 945. The van der Waals surface area contributed by atoms with Gasteiger partial charge < -0.3 is 25.1 Å². The maximum Gasteiger partial charge on any atom is 0.261 e. The third kappa shape index (κ3) is 1.57. The van der Waals surface area contributed by atoms with Gasteiger partial charge in [0.05, 0.1) is 23.4 Å². The minimum absolute atomic E-state index is 0.0244. The first-order chi connectivity index (χ1) is 13.7. The fourth-order valence-corrected chi connectivity index (χ4v) is 10.7. The normalized spacial score (nSPS) is 58.9. The molecule has 6 bridgehead atoms. The number of fused-ring (bicyclic) bond motifs is 3. The lowest BCUT2D eigenvalue weighted by Gasteiger charge is -2.58. The predicted molar refractivity (Wildman–Crippen MR) is 98.4 cm³/mol. The number of nitrogens with zero attached hydrogens (tertiary/aromatic N) is 2. The molecule has 2 saturated carbocycles. The van der Waals surface area contributed by atoms with Crippen LogP contribution in [0.4, 0.5) is 0 Å². The molecule has 11 heteroatoms. The molecule has 11 atom stereocenters. The Morgan fingerprint density at radius 3 is 2.07 bits per heavy atom. The third-order valence-electron chi connectivity index (χ3n) is 8.17. The molecule has 29 heavy (non-hydrogen) atoms. The lowest BCUT2D eigenvalue weighted by Crippen LogP contribution is -2.77. The molecule has 7 fully saturated rings. The van der Waals surface area contributed by atoms with Crippen molar-refractivity contribution in [1.29, 1.82) is 0 Å². The molecule has 0 aromatic carbocycles. The smallest absolute Gasteiger partial charge is 0.261 e. The Hall–Kier alpha value is -1.14. The molecular formula is C18H18N2O7S2. The maximum atomic E-state index is 14.0. The van der Waals surface area contributed by atoms with E-state index in [-0.39, 0.29) is 42.6 Å². The molecule has 5 aliphatic heterocycles. The summed E-state index contributed by atoms with van der Waals surface area (Å²) in [4.78, 5) is 53.5. The number of ketones is 2. The van der Waals surface area contributed by atoms with E-state index >= 15 is 0 Å². The Morgan fingerprint density at radius 2 is 1.38 bits per heavy atom. The first-order valence-corrected chi connectivity index (χ1v) is 11.6. The summed E-state index contributed by atoms with van der Waals surface area (Å²) < 4.78 is 0. The van der Waals surface area contributed by atoms with Crippen LogP contribution in [0.15, 0.2) is 0 Å². The van der Waals surface area contributed by atoms with Gasteiger partial charge in [-0.05, 0) is 0 Å². The van der Waals surface area contributed by atoms with Crippen molar-refractivity contribution in [2.24, 2.45) is 11.8 Å². The molecule has 0 aromatic heterocycles. The van der Waals surface area contributed by atoms with Crippen LogP contribution >= 0.6 is 23.5 Å². The van der Waals surface area contributed by atoms with Crippen LogP contribution in [0.3, 0.4) is 0 Å². The number of hydrogen-bond donors (Lipinski definition) is 3. The summed E-state index contributed by atoms with van der Waals surface area (Å²) in [5.74, 6) is -2.24. The van der Waals surface area contributed by atoms with Gasteiger partial charge in [-0.3, -0.25) is 19.2 Å². The number of rotatable bonds is 0. The zero-order chi connectivity index (χ0) is 20.2. The number of carbonyl (C=O) groups excluding carboxylic acids is 4. The summed E-state index contributed by atoms with van der Waals surface area (Å²) in [6, 6.07) is -1.66. The number of amides is 2. The Kier molecular flexibility index (Phi) is 2.93. The van der Waals surface area contributed by atoms with E-state index in [1.165, 1.54) is 21.6 Å². The summed E-state index contributed by atoms with van der Waals surface area (Å²) in [6.45, 7) is 0. The molecule has 1 spiro atoms. The topological polar surface area (TPSA) is 135 Å². The predicted octanol–water partition coefficient (Wildman–Crippen LogP) is -2.30. The van der Waals surface area contributed by atoms with Crippen molar-refractivity contribution in [2.45, 2.75) is 69.9 Å². The van der Waals surface area contributed by atoms with E-state index in [0.717, 1.165) is 11.8 Å². The number of piperazine rings is 1. The largest absolute Gasteiger partial charge is 0.390 e. The van der Waals surface area contributed by atoms with Gasteiger partial charge in [0.25, 0.3) is 11.8 Å². The van der Waals surface area contributed by atoms with Crippen molar-refractivity contribution in [3.8, 4) is 0 Å². The van der Waals surface area contributed by atoms with Gasteiger partial charge in [-0.2, -0.15) is 0 Å². The van der Waals surface area contributed by atoms with Crippen LogP contribution in [0.2, 0.25) is 0 Å². The Balaban J connectivity index is 1.45. The second kappa shape index (κ2) is 4.85. The highest BCUT2D eigenvalue weighted by Gasteiger charge is 2.81. The van der Waals surface area contributed by atoms with E-state index in [9.17, 15) is 34.5 Å². The van der Waals surface area contributed by atoms with Gasteiger partial charge in [-0.1, -0.05) is 0 Å². The van der Waals surface area contributed by atoms with Crippen molar-refractivity contribution in [1.82, 2.24) is 9.80 Å². The molecule has 9 nitrogen and oxygen atoms in total. The van der Waals surface area contributed by atoms with Crippen molar-refractivity contribution in [2.75, 3.05) is 0 Å². The van der Waals surface area contributed by atoms with Gasteiger partial charge in [-0.25, -0.2) is 0 Å². The van der Waals surface area contributed by atoms with Crippen LogP contribution in [0, 0.1) is 11.8 Å². The number of aliphatic hydroxyl groups is 3. The number of hydrogen-bond acceptors (Lipinski definition) is 9. The minimum Gasteiger partial charge on any atom is -0.390 e. The van der Waals surface area contributed by atoms with Crippen LogP contribution in [0.5, 0.6) is 0 Å². The molecular weight excluding hydrogens is 420 g/mol. The Morgan fingerprint density at radius 1 is 0.793 bits per heavy atom. The summed E-state index contributed by atoms with van der Waals surface area (Å²) in [5, 5.41) is 30.6. The first kappa shape index (κ1) is 17.5. The highest BCUT2D eigenvalue weighted by Crippen LogP contribution is 2.67. The van der Waals surface area contributed by atoms with E-state index in [4.69, 9.17) is 0 Å². The van der Waals surface area contributed by atoms with Gasteiger partial charge in [0, 0.05) is 36.3 Å². The van der Waals surface area contributed by atoms with Crippen molar-refractivity contribution >= 4 is 46.9 Å². The third-order valence-corrected chi connectivity index (χ3v) is 11.5. The number of carbonyl (C=O) groups is 4. The molecule has 154 valence electrons. The fourth-order valence-electron chi connectivity index (χ4n) is 7.05. The zero-order valence-corrected chi connectivity index (χ0v) is 16.6. The summed E-state index contributed by atoms with van der Waals surface area (Å²) in [7, 11) is 0. The lowest BCUT2D eigenvalue weighted by atomic mass is 9.79. The van der Waals surface area contributed by atoms with Crippen LogP contribution < -0.4 is 0 Å². The summed E-state index contributed by atoms with van der Waals surface area (Å²) in [6.07, 6.45) is -3.07. The highest BCUT2D eigenvalue weighted by atomic mass is 32.2.